The number of aromatic nitrogens is 1. The van der Waals surface area contributed by atoms with Crippen LogP contribution < -0.4 is 9.64 Å². The van der Waals surface area contributed by atoms with Crippen molar-refractivity contribution < 1.29 is 28.7 Å². The minimum Gasteiger partial charge on any atom is -0.489 e. The van der Waals surface area contributed by atoms with Gasteiger partial charge in [0.15, 0.2) is 6.10 Å². The fraction of sp³-hybridized carbons (Fsp3) is 0.262. The van der Waals surface area contributed by atoms with E-state index in [2.05, 4.69) is 0 Å². The summed E-state index contributed by atoms with van der Waals surface area (Å²) in [6.45, 7) is 3.90. The molecule has 0 spiro atoms. The molecule has 3 fully saturated rings. The van der Waals surface area contributed by atoms with Gasteiger partial charge >= 0.3 is 5.97 Å². The smallest absolute Gasteiger partial charge is 0.339 e. The number of ether oxygens (including phenoxy) is 2. The number of para-hydroxylation sites is 1. The van der Waals surface area contributed by atoms with Gasteiger partial charge < -0.3 is 9.47 Å². The second-order valence-electron chi connectivity index (χ2n) is 13.7. The molecular weight excluding hydrogens is 628 g/mol. The van der Waals surface area contributed by atoms with Crippen LogP contribution in [0.25, 0.3) is 22.2 Å². The molecule has 2 heterocycles. The Labute approximate surface area is 290 Å². The van der Waals surface area contributed by atoms with E-state index in [-0.39, 0.29) is 35.0 Å². The fourth-order valence-electron chi connectivity index (χ4n) is 8.12. The number of esters is 1. The van der Waals surface area contributed by atoms with Gasteiger partial charge in [0.1, 0.15) is 12.4 Å². The second kappa shape index (κ2) is 12.7. The summed E-state index contributed by atoms with van der Waals surface area (Å²) in [5.74, 6) is -0.252. The Hall–Kier alpha value is -5.63. The van der Waals surface area contributed by atoms with E-state index in [4.69, 9.17) is 14.5 Å². The molecule has 8 nitrogen and oxygen atoms in total. The number of anilines is 1. The third-order valence-electron chi connectivity index (χ3n) is 10.7. The van der Waals surface area contributed by atoms with Crippen molar-refractivity contribution >= 4 is 40.2 Å². The zero-order chi connectivity index (χ0) is 34.5. The lowest BCUT2D eigenvalue weighted by atomic mass is 9.81. The zero-order valence-corrected chi connectivity index (χ0v) is 27.9. The topological polar surface area (TPSA) is 103 Å². The van der Waals surface area contributed by atoms with Gasteiger partial charge in [-0.2, -0.15) is 0 Å². The average molecular weight is 665 g/mol. The molecule has 2 amide bonds. The molecule has 50 heavy (non-hydrogen) atoms. The number of ketones is 1. The van der Waals surface area contributed by atoms with Gasteiger partial charge in [0.25, 0.3) is 0 Å². The molecule has 3 aliphatic rings. The highest BCUT2D eigenvalue weighted by atomic mass is 16.5. The molecule has 2 saturated carbocycles. The van der Waals surface area contributed by atoms with Gasteiger partial charge in [-0.25, -0.2) is 9.78 Å². The van der Waals surface area contributed by atoms with Crippen molar-refractivity contribution in [3.05, 3.63) is 125 Å². The first-order valence-corrected chi connectivity index (χ1v) is 17.2. The predicted molar refractivity (Wildman–Crippen MR) is 189 cm³/mol. The number of carbonyl (C=O) groups is 4. The summed E-state index contributed by atoms with van der Waals surface area (Å²) < 4.78 is 11.6. The summed E-state index contributed by atoms with van der Waals surface area (Å²) in [6, 6.07) is 31.0. The van der Waals surface area contributed by atoms with Crippen molar-refractivity contribution in [2.24, 2.45) is 23.7 Å². The van der Waals surface area contributed by atoms with Crippen LogP contribution in [0.4, 0.5) is 5.69 Å². The number of imide groups is 1. The second-order valence-corrected chi connectivity index (χ2v) is 13.7. The van der Waals surface area contributed by atoms with E-state index in [1.54, 1.807) is 49.4 Å². The molecule has 8 heteroatoms. The molecule has 250 valence electrons. The minimum absolute atomic E-state index is 0.0829. The lowest BCUT2D eigenvalue weighted by Crippen LogP contribution is -2.32. The number of Topliss-reactive ketones (excluding diaryl/α,β-unsaturated/α-hetero) is 1. The van der Waals surface area contributed by atoms with E-state index in [0.29, 0.717) is 57.6 Å². The van der Waals surface area contributed by atoms with Gasteiger partial charge in [0, 0.05) is 16.5 Å². The third-order valence-corrected chi connectivity index (χ3v) is 10.7. The van der Waals surface area contributed by atoms with Gasteiger partial charge in [-0.15, -0.1) is 0 Å². The van der Waals surface area contributed by atoms with Crippen molar-refractivity contribution in [3.63, 3.8) is 0 Å². The van der Waals surface area contributed by atoms with Gasteiger partial charge in [0.05, 0.1) is 34.3 Å². The van der Waals surface area contributed by atoms with Crippen LogP contribution in [0, 0.1) is 30.6 Å². The maximum Gasteiger partial charge on any atom is 0.339 e. The first kappa shape index (κ1) is 31.6. The van der Waals surface area contributed by atoms with E-state index in [9.17, 15) is 19.2 Å². The number of aryl methyl sites for hydroxylation is 1. The van der Waals surface area contributed by atoms with Crippen molar-refractivity contribution in [3.8, 4) is 17.0 Å². The summed E-state index contributed by atoms with van der Waals surface area (Å²) in [5, 5.41) is 0.615. The Balaban J connectivity index is 1.00. The number of fused-ring (bicyclic) bond motifs is 6. The third kappa shape index (κ3) is 5.54. The van der Waals surface area contributed by atoms with E-state index in [0.717, 1.165) is 30.4 Å². The molecule has 8 rings (SSSR count). The van der Waals surface area contributed by atoms with Crippen LogP contribution in [-0.2, 0) is 20.9 Å². The summed E-state index contributed by atoms with van der Waals surface area (Å²) in [5.41, 5.74) is 5.04. The maximum atomic E-state index is 13.7. The van der Waals surface area contributed by atoms with E-state index in [1.807, 2.05) is 67.6 Å². The fourth-order valence-corrected chi connectivity index (χ4v) is 8.12. The van der Waals surface area contributed by atoms with Crippen molar-refractivity contribution in [1.29, 1.82) is 0 Å². The normalized spacial score (nSPS) is 21.4. The summed E-state index contributed by atoms with van der Waals surface area (Å²) in [4.78, 5) is 60.0. The lowest BCUT2D eigenvalue weighted by molar-refractivity contribution is -0.123. The van der Waals surface area contributed by atoms with Gasteiger partial charge in [-0.05, 0) is 98.5 Å². The largest absolute Gasteiger partial charge is 0.489 e. The van der Waals surface area contributed by atoms with Crippen LogP contribution in [0.3, 0.4) is 0 Å². The highest BCUT2D eigenvalue weighted by Crippen LogP contribution is 2.56. The number of hydrogen-bond donors (Lipinski definition) is 0. The first-order valence-electron chi connectivity index (χ1n) is 17.2. The number of nitrogens with zero attached hydrogens (tertiary/aromatic N) is 2. The summed E-state index contributed by atoms with van der Waals surface area (Å²) >= 11 is 0. The summed E-state index contributed by atoms with van der Waals surface area (Å²) in [7, 11) is 0. The monoisotopic (exact) mass is 664 g/mol. The van der Waals surface area contributed by atoms with Crippen LogP contribution in [0.2, 0.25) is 0 Å². The van der Waals surface area contributed by atoms with E-state index >= 15 is 0 Å². The Kier molecular flexibility index (Phi) is 8.02. The SMILES string of the molecule is Cc1cccc2c(C(=O)OC(C)C(=O)c3ccc(OCc4ccccc4)cc3)cc(-c3ccc(N4C(=O)C5C6CCC(C6)C5C4=O)cc3)nc12. The van der Waals surface area contributed by atoms with E-state index in [1.165, 1.54) is 4.90 Å². The number of rotatable bonds is 9. The minimum atomic E-state index is -1.04. The number of carbonyl (C=O) groups excluding carboxylic acids is 4. The predicted octanol–water partition coefficient (Wildman–Crippen LogP) is 7.75. The van der Waals surface area contributed by atoms with Crippen LogP contribution in [0.15, 0.2) is 103 Å². The number of pyridine rings is 1. The molecule has 1 saturated heterocycles. The Morgan fingerprint density at radius 2 is 1.52 bits per heavy atom. The zero-order valence-electron chi connectivity index (χ0n) is 27.9. The molecule has 2 aliphatic carbocycles. The lowest BCUT2D eigenvalue weighted by Gasteiger charge is -2.19. The molecule has 5 aromatic rings. The Bertz CT molecular complexity index is 2120. The maximum absolute atomic E-state index is 13.7. The molecule has 5 atom stereocenters. The van der Waals surface area contributed by atoms with Crippen LogP contribution in [0.1, 0.15) is 58.0 Å². The molecule has 2 bridgehead atoms. The van der Waals surface area contributed by atoms with Crippen LogP contribution in [0.5, 0.6) is 5.75 Å². The Morgan fingerprint density at radius 1 is 0.840 bits per heavy atom. The molecule has 4 aromatic carbocycles. The van der Waals surface area contributed by atoms with Crippen LogP contribution in [-0.4, -0.2) is 34.7 Å². The number of amides is 2. The molecule has 0 N–H and O–H groups in total. The molecule has 1 aliphatic heterocycles. The average Bonchev–Trinajstić information content (AvgIpc) is 3.84. The molecular formula is C42H36N2O6. The van der Waals surface area contributed by atoms with E-state index < -0.39 is 12.1 Å². The summed E-state index contributed by atoms with van der Waals surface area (Å²) in [6.07, 6.45) is 2.00. The van der Waals surface area contributed by atoms with Crippen LogP contribution >= 0.6 is 0 Å². The van der Waals surface area contributed by atoms with Gasteiger partial charge in [-0.3, -0.25) is 19.3 Å². The quantitative estimate of drug-likeness (QED) is 0.0902. The molecule has 5 unspecified atom stereocenters. The number of hydrogen-bond acceptors (Lipinski definition) is 7. The van der Waals surface area contributed by atoms with Gasteiger partial charge in [-0.1, -0.05) is 60.7 Å². The van der Waals surface area contributed by atoms with Crippen molar-refractivity contribution in [2.75, 3.05) is 4.90 Å². The molecule has 0 radical (unpaired) electrons. The standard InChI is InChI=1S/C42H36N2O6/c1-24-7-6-10-33-34(42(48)50-25(2)39(45)28-15-19-32(20-16-28)49-23-26-8-4-3-5-9-26)22-35(43-38(24)33)27-13-17-31(18-14-27)44-40(46)36-29-11-12-30(21-29)37(36)41(44)47/h3-10,13-20,22,25,29-30,36-37H,11-12,21,23H2,1-2H3. The first-order chi connectivity index (χ1) is 24.3. The van der Waals surface area contributed by atoms with Gasteiger partial charge in [0.2, 0.25) is 17.6 Å². The Morgan fingerprint density at radius 3 is 2.20 bits per heavy atom. The number of benzene rings is 4. The van der Waals surface area contributed by atoms with Crippen molar-refractivity contribution in [2.45, 2.75) is 45.8 Å². The highest BCUT2D eigenvalue weighted by molar-refractivity contribution is 6.22. The highest BCUT2D eigenvalue weighted by Gasteiger charge is 2.61. The molecule has 1 aromatic heterocycles. The van der Waals surface area contributed by atoms with Crippen molar-refractivity contribution in [1.82, 2.24) is 4.98 Å².